The molecule has 1 aromatic rings. The molecule has 4 nitrogen and oxygen atoms in total. The number of carboxylic acids is 1. The number of carbonyl (C=O) groups excluding carboxylic acids is 1. The van der Waals surface area contributed by atoms with E-state index < -0.39 is 11.4 Å². The molecule has 0 heterocycles. The van der Waals surface area contributed by atoms with Gasteiger partial charge in [-0.2, -0.15) is 0 Å². The highest BCUT2D eigenvalue weighted by atomic mass is 16.4. The first-order chi connectivity index (χ1) is 12.1. The van der Waals surface area contributed by atoms with Crippen molar-refractivity contribution in [2.24, 2.45) is 22.7 Å². The number of amides is 1. The highest BCUT2D eigenvalue weighted by Gasteiger charge is 2.60. The summed E-state index contributed by atoms with van der Waals surface area (Å²) >= 11 is 0. The average Bonchev–Trinajstić information content (AvgIpc) is 3.06. The fourth-order valence-corrected chi connectivity index (χ4v) is 4.88. The van der Waals surface area contributed by atoms with Crippen LogP contribution in [0.1, 0.15) is 62.9 Å². The smallest absolute Gasteiger partial charge is 0.335 e. The van der Waals surface area contributed by atoms with Crippen LogP contribution in [0.5, 0.6) is 0 Å². The zero-order chi connectivity index (χ0) is 19.3. The first-order valence-electron chi connectivity index (χ1n) is 9.45. The van der Waals surface area contributed by atoms with E-state index in [4.69, 9.17) is 0 Å². The molecule has 0 spiro atoms. The molecule has 4 heteroatoms. The summed E-state index contributed by atoms with van der Waals surface area (Å²) < 4.78 is 0. The summed E-state index contributed by atoms with van der Waals surface area (Å²) in [5.74, 6) is -0.0638. The SMILES string of the molecule is C=C1C2(C(=O)Nc3ccc(C(=O)O)c(CC(C)C)c3)CCC(C2)C1(C)C. The molecule has 1 aromatic carbocycles. The van der Waals surface area contributed by atoms with Crippen LogP contribution in [-0.4, -0.2) is 17.0 Å². The number of hydrogen-bond donors (Lipinski definition) is 2. The maximum atomic E-state index is 13.2. The maximum absolute atomic E-state index is 13.2. The number of carbonyl (C=O) groups is 2. The lowest BCUT2D eigenvalue weighted by Gasteiger charge is -2.37. The van der Waals surface area contributed by atoms with Crippen LogP contribution in [0.2, 0.25) is 0 Å². The highest BCUT2D eigenvalue weighted by Crippen LogP contribution is 2.65. The molecular formula is C22H29NO3. The molecule has 2 aliphatic rings. The molecule has 2 bridgehead atoms. The van der Waals surface area contributed by atoms with Crippen molar-refractivity contribution in [1.29, 1.82) is 0 Å². The van der Waals surface area contributed by atoms with Gasteiger partial charge < -0.3 is 10.4 Å². The molecule has 0 aliphatic heterocycles. The predicted molar refractivity (Wildman–Crippen MR) is 103 cm³/mol. The van der Waals surface area contributed by atoms with E-state index in [1.54, 1.807) is 12.1 Å². The topological polar surface area (TPSA) is 66.4 Å². The Hall–Kier alpha value is -2.10. The van der Waals surface area contributed by atoms with E-state index in [1.807, 2.05) is 6.07 Å². The van der Waals surface area contributed by atoms with Gasteiger partial charge >= 0.3 is 5.97 Å². The van der Waals surface area contributed by atoms with E-state index in [9.17, 15) is 14.7 Å². The van der Waals surface area contributed by atoms with Crippen LogP contribution < -0.4 is 5.32 Å². The summed E-state index contributed by atoms with van der Waals surface area (Å²) in [5.41, 5.74) is 2.32. The molecule has 3 rings (SSSR count). The number of hydrogen-bond acceptors (Lipinski definition) is 2. The van der Waals surface area contributed by atoms with E-state index in [0.717, 1.165) is 30.4 Å². The van der Waals surface area contributed by atoms with Crippen LogP contribution in [0.3, 0.4) is 0 Å². The standard InChI is InChI=1S/C22H29NO3/c1-13(2)10-15-11-17(6-7-18(15)19(24)25)23-20(26)22-9-8-16(12-22)21(4,5)14(22)3/h6-7,11,13,16H,3,8-10,12H2,1-2,4-5H3,(H,23,26)(H,24,25). The summed E-state index contributed by atoms with van der Waals surface area (Å²) in [5, 5.41) is 12.5. The van der Waals surface area contributed by atoms with Crippen LogP contribution in [0.15, 0.2) is 30.4 Å². The Morgan fingerprint density at radius 2 is 2.04 bits per heavy atom. The number of nitrogens with one attached hydrogen (secondary N) is 1. The second-order valence-corrected chi connectivity index (χ2v) is 8.95. The lowest BCUT2D eigenvalue weighted by molar-refractivity contribution is -0.123. The van der Waals surface area contributed by atoms with Crippen molar-refractivity contribution >= 4 is 17.6 Å². The van der Waals surface area contributed by atoms with Gasteiger partial charge in [-0.15, -0.1) is 0 Å². The fourth-order valence-electron chi connectivity index (χ4n) is 4.88. The lowest BCUT2D eigenvalue weighted by atomic mass is 9.68. The number of anilines is 1. The van der Waals surface area contributed by atoms with Crippen LogP contribution in [0, 0.1) is 22.7 Å². The molecule has 2 unspecified atom stereocenters. The molecular weight excluding hydrogens is 326 g/mol. The summed E-state index contributed by atoms with van der Waals surface area (Å²) in [6.45, 7) is 12.8. The fraction of sp³-hybridized carbons (Fsp3) is 0.545. The van der Waals surface area contributed by atoms with E-state index in [2.05, 4.69) is 39.6 Å². The van der Waals surface area contributed by atoms with Gasteiger partial charge in [0.25, 0.3) is 0 Å². The third kappa shape index (κ3) is 2.85. The quantitative estimate of drug-likeness (QED) is 0.738. The van der Waals surface area contributed by atoms with Gasteiger partial charge in [-0.25, -0.2) is 4.79 Å². The average molecular weight is 355 g/mol. The van der Waals surface area contributed by atoms with Gasteiger partial charge in [0.05, 0.1) is 11.0 Å². The second-order valence-electron chi connectivity index (χ2n) is 8.95. The lowest BCUT2D eigenvalue weighted by Crippen LogP contribution is -2.37. The van der Waals surface area contributed by atoms with Gasteiger partial charge in [-0.05, 0) is 66.7 Å². The molecule has 26 heavy (non-hydrogen) atoms. The second kappa shape index (κ2) is 6.26. The molecule has 0 radical (unpaired) electrons. The van der Waals surface area contributed by atoms with E-state index in [0.29, 0.717) is 29.5 Å². The third-order valence-corrected chi connectivity index (χ3v) is 6.55. The molecule has 2 saturated carbocycles. The molecule has 0 saturated heterocycles. The molecule has 0 aromatic heterocycles. The van der Waals surface area contributed by atoms with Crippen LogP contribution >= 0.6 is 0 Å². The van der Waals surface area contributed by atoms with Crippen LogP contribution in [0.25, 0.3) is 0 Å². The van der Waals surface area contributed by atoms with Gasteiger partial charge in [0, 0.05) is 5.69 Å². The normalized spacial score (nSPS) is 26.3. The number of rotatable bonds is 5. The molecule has 2 fully saturated rings. The van der Waals surface area contributed by atoms with Crippen molar-refractivity contribution in [3.63, 3.8) is 0 Å². The monoisotopic (exact) mass is 355 g/mol. The van der Waals surface area contributed by atoms with Gasteiger partial charge in [0.1, 0.15) is 0 Å². The Balaban J connectivity index is 1.86. The minimum Gasteiger partial charge on any atom is -0.478 e. The Bertz CT molecular complexity index is 778. The number of benzene rings is 1. The van der Waals surface area contributed by atoms with Crippen molar-refractivity contribution in [2.45, 2.75) is 53.4 Å². The number of carboxylic acid groups (broad SMARTS) is 1. The summed E-state index contributed by atoms with van der Waals surface area (Å²) in [6.07, 6.45) is 3.46. The Labute approximate surface area is 155 Å². The van der Waals surface area contributed by atoms with Gasteiger partial charge in [-0.3, -0.25) is 4.79 Å². The first-order valence-corrected chi connectivity index (χ1v) is 9.45. The van der Waals surface area contributed by atoms with Crippen LogP contribution in [-0.2, 0) is 11.2 Å². The first kappa shape index (κ1) is 18.7. The van der Waals surface area contributed by atoms with Gasteiger partial charge in [-0.1, -0.05) is 39.8 Å². The van der Waals surface area contributed by atoms with Crippen molar-refractivity contribution < 1.29 is 14.7 Å². The Morgan fingerprint density at radius 3 is 2.58 bits per heavy atom. The molecule has 2 aliphatic carbocycles. The third-order valence-electron chi connectivity index (χ3n) is 6.55. The highest BCUT2D eigenvalue weighted by molar-refractivity contribution is 5.99. The summed E-state index contributed by atoms with van der Waals surface area (Å²) in [7, 11) is 0. The zero-order valence-corrected chi connectivity index (χ0v) is 16.2. The van der Waals surface area contributed by atoms with Crippen molar-refractivity contribution in [2.75, 3.05) is 5.32 Å². The predicted octanol–water partition coefficient (Wildman–Crippen LogP) is 4.90. The zero-order valence-electron chi connectivity index (χ0n) is 16.2. The number of fused-ring (bicyclic) bond motifs is 2. The van der Waals surface area contributed by atoms with Crippen molar-refractivity contribution in [1.82, 2.24) is 0 Å². The summed E-state index contributed by atoms with van der Waals surface area (Å²) in [6, 6.07) is 5.10. The minimum atomic E-state index is -0.929. The van der Waals surface area contributed by atoms with Gasteiger partial charge in [0.2, 0.25) is 5.91 Å². The van der Waals surface area contributed by atoms with Crippen molar-refractivity contribution in [3.8, 4) is 0 Å². The Morgan fingerprint density at radius 1 is 1.35 bits per heavy atom. The molecule has 140 valence electrons. The Kier molecular flexibility index (Phi) is 4.50. The minimum absolute atomic E-state index is 0.00551. The largest absolute Gasteiger partial charge is 0.478 e. The molecule has 1 amide bonds. The summed E-state index contributed by atoms with van der Waals surface area (Å²) in [4.78, 5) is 24.6. The van der Waals surface area contributed by atoms with Gasteiger partial charge in [0.15, 0.2) is 0 Å². The molecule has 2 atom stereocenters. The number of aromatic carboxylic acids is 1. The van der Waals surface area contributed by atoms with E-state index >= 15 is 0 Å². The van der Waals surface area contributed by atoms with Crippen LogP contribution in [0.4, 0.5) is 5.69 Å². The van der Waals surface area contributed by atoms with E-state index in [-0.39, 0.29) is 11.3 Å². The molecule has 2 N–H and O–H groups in total. The van der Waals surface area contributed by atoms with Crippen molar-refractivity contribution in [3.05, 3.63) is 41.5 Å². The van der Waals surface area contributed by atoms with E-state index in [1.165, 1.54) is 0 Å². The maximum Gasteiger partial charge on any atom is 0.335 e.